The van der Waals surface area contributed by atoms with Crippen molar-refractivity contribution in [1.82, 2.24) is 5.32 Å². The molecular formula is C18H26ClNO3. The van der Waals surface area contributed by atoms with Crippen LogP contribution in [-0.2, 0) is 9.53 Å². The molecule has 1 aromatic rings. The summed E-state index contributed by atoms with van der Waals surface area (Å²) in [7, 11) is 0. The molecule has 0 radical (unpaired) electrons. The molecule has 4 nitrogen and oxygen atoms in total. The summed E-state index contributed by atoms with van der Waals surface area (Å²) in [5, 5.41) is 4.09. The highest BCUT2D eigenvalue weighted by molar-refractivity contribution is 6.30. The monoisotopic (exact) mass is 339 g/mol. The third-order valence-electron chi connectivity index (χ3n) is 4.15. The van der Waals surface area contributed by atoms with Crippen LogP contribution in [0.1, 0.15) is 39.0 Å². The van der Waals surface area contributed by atoms with Crippen molar-refractivity contribution >= 4 is 17.6 Å². The van der Waals surface area contributed by atoms with E-state index in [-0.39, 0.29) is 5.97 Å². The van der Waals surface area contributed by atoms with E-state index in [1.807, 2.05) is 31.2 Å². The van der Waals surface area contributed by atoms with Gasteiger partial charge in [0.1, 0.15) is 5.75 Å². The zero-order valence-corrected chi connectivity index (χ0v) is 14.5. The van der Waals surface area contributed by atoms with Crippen LogP contribution in [0.25, 0.3) is 0 Å². The van der Waals surface area contributed by atoms with Gasteiger partial charge in [-0.2, -0.15) is 0 Å². The Kier molecular flexibility index (Phi) is 7.69. The normalized spacial score (nSPS) is 21.0. The van der Waals surface area contributed by atoms with Crippen molar-refractivity contribution in [2.24, 2.45) is 5.92 Å². The van der Waals surface area contributed by atoms with Gasteiger partial charge >= 0.3 is 5.97 Å². The van der Waals surface area contributed by atoms with Gasteiger partial charge < -0.3 is 14.8 Å². The lowest BCUT2D eigenvalue weighted by Crippen LogP contribution is -2.31. The molecule has 1 aliphatic rings. The fraction of sp³-hybridized carbons (Fsp3) is 0.611. The van der Waals surface area contributed by atoms with Crippen LogP contribution in [0.4, 0.5) is 0 Å². The van der Waals surface area contributed by atoms with E-state index in [1.165, 1.54) is 0 Å². The quantitative estimate of drug-likeness (QED) is 0.577. The highest BCUT2D eigenvalue weighted by Gasteiger charge is 2.22. The van der Waals surface area contributed by atoms with Crippen LogP contribution in [0, 0.1) is 5.92 Å². The first kappa shape index (κ1) is 18.1. The maximum atomic E-state index is 11.2. The lowest BCUT2D eigenvalue weighted by molar-refractivity contribution is -0.142. The molecule has 23 heavy (non-hydrogen) atoms. The Bertz CT molecular complexity index is 470. The average Bonchev–Trinajstić information content (AvgIpc) is 2.55. The molecule has 0 atom stereocenters. The molecule has 2 rings (SSSR count). The molecule has 0 amide bonds. The van der Waals surface area contributed by atoms with Crippen molar-refractivity contribution in [2.75, 3.05) is 19.7 Å². The largest absolute Gasteiger partial charge is 0.490 e. The summed E-state index contributed by atoms with van der Waals surface area (Å²) < 4.78 is 10.9. The topological polar surface area (TPSA) is 47.6 Å². The number of halogens is 1. The number of esters is 1. The van der Waals surface area contributed by atoms with E-state index in [1.54, 1.807) is 0 Å². The minimum atomic E-state index is -0.125. The first-order valence-electron chi connectivity index (χ1n) is 8.46. The van der Waals surface area contributed by atoms with Crippen molar-refractivity contribution < 1.29 is 14.3 Å². The summed E-state index contributed by atoms with van der Waals surface area (Å²) in [6.45, 7) is 3.94. The van der Waals surface area contributed by atoms with Crippen molar-refractivity contribution in [3.8, 4) is 5.75 Å². The summed E-state index contributed by atoms with van der Waals surface area (Å²) >= 11 is 5.88. The first-order chi connectivity index (χ1) is 11.2. The molecule has 0 heterocycles. The van der Waals surface area contributed by atoms with Gasteiger partial charge in [0, 0.05) is 11.6 Å². The SMILES string of the molecule is CCOC(=O)CCNCC1CCC(Oc2ccc(Cl)cc2)CC1. The fourth-order valence-electron chi connectivity index (χ4n) is 2.89. The van der Waals surface area contributed by atoms with Gasteiger partial charge in [-0.15, -0.1) is 0 Å². The maximum Gasteiger partial charge on any atom is 0.307 e. The molecule has 5 heteroatoms. The van der Waals surface area contributed by atoms with Crippen molar-refractivity contribution in [1.29, 1.82) is 0 Å². The van der Waals surface area contributed by atoms with E-state index < -0.39 is 0 Å². The molecule has 1 N–H and O–H groups in total. The summed E-state index contributed by atoms with van der Waals surface area (Å²) in [5.41, 5.74) is 0. The van der Waals surface area contributed by atoms with E-state index in [2.05, 4.69) is 5.32 Å². The van der Waals surface area contributed by atoms with Gasteiger partial charge in [0.15, 0.2) is 0 Å². The molecule has 0 bridgehead atoms. The zero-order valence-electron chi connectivity index (χ0n) is 13.7. The van der Waals surface area contributed by atoms with Gasteiger partial charge in [-0.1, -0.05) is 11.6 Å². The van der Waals surface area contributed by atoms with Gasteiger partial charge in [0.2, 0.25) is 0 Å². The smallest absolute Gasteiger partial charge is 0.307 e. The molecule has 1 fully saturated rings. The van der Waals surface area contributed by atoms with Crippen LogP contribution >= 0.6 is 11.6 Å². The average molecular weight is 340 g/mol. The minimum Gasteiger partial charge on any atom is -0.490 e. The van der Waals surface area contributed by atoms with Crippen LogP contribution < -0.4 is 10.1 Å². The standard InChI is InChI=1S/C18H26ClNO3/c1-2-22-18(21)11-12-20-13-14-3-7-16(8-4-14)23-17-9-5-15(19)6-10-17/h5-6,9-10,14,16,20H,2-4,7-8,11-13H2,1H3. The number of ether oxygens (including phenoxy) is 2. The molecule has 0 aliphatic heterocycles. The van der Waals surface area contributed by atoms with Gasteiger partial charge in [-0.05, 0) is 69.3 Å². The Labute approximate surface area is 143 Å². The molecular weight excluding hydrogens is 314 g/mol. The molecule has 128 valence electrons. The van der Waals surface area contributed by atoms with Crippen molar-refractivity contribution in [3.05, 3.63) is 29.3 Å². The van der Waals surface area contributed by atoms with Crippen LogP contribution in [0.3, 0.4) is 0 Å². The Morgan fingerprint density at radius 1 is 1.22 bits per heavy atom. The van der Waals surface area contributed by atoms with Crippen LogP contribution in [0.2, 0.25) is 5.02 Å². The number of nitrogens with one attached hydrogen (secondary N) is 1. The number of hydrogen-bond acceptors (Lipinski definition) is 4. The Morgan fingerprint density at radius 2 is 1.91 bits per heavy atom. The number of carbonyl (C=O) groups excluding carboxylic acids is 1. The summed E-state index contributed by atoms with van der Waals surface area (Å²) in [5.74, 6) is 1.44. The summed E-state index contributed by atoms with van der Waals surface area (Å²) in [4.78, 5) is 11.2. The second kappa shape index (κ2) is 9.78. The number of benzene rings is 1. The van der Waals surface area contributed by atoms with E-state index >= 15 is 0 Å². The summed E-state index contributed by atoms with van der Waals surface area (Å²) in [6, 6.07) is 7.56. The van der Waals surface area contributed by atoms with Gasteiger partial charge in [-0.3, -0.25) is 4.79 Å². The maximum absolute atomic E-state index is 11.2. The van der Waals surface area contributed by atoms with Gasteiger partial charge in [0.05, 0.1) is 19.1 Å². The fourth-order valence-corrected chi connectivity index (χ4v) is 3.02. The van der Waals surface area contributed by atoms with Gasteiger partial charge in [-0.25, -0.2) is 0 Å². The number of rotatable bonds is 8. The van der Waals surface area contributed by atoms with Crippen LogP contribution in [0.5, 0.6) is 5.75 Å². The van der Waals surface area contributed by atoms with E-state index in [4.69, 9.17) is 21.1 Å². The third-order valence-corrected chi connectivity index (χ3v) is 4.41. The molecule has 1 saturated carbocycles. The molecule has 1 aromatic carbocycles. The molecule has 0 spiro atoms. The van der Waals surface area contributed by atoms with Crippen LogP contribution in [-0.4, -0.2) is 31.8 Å². The summed E-state index contributed by atoms with van der Waals surface area (Å²) in [6.07, 6.45) is 5.21. The predicted molar refractivity (Wildman–Crippen MR) is 91.9 cm³/mol. The second-order valence-electron chi connectivity index (χ2n) is 5.97. The molecule has 1 aliphatic carbocycles. The predicted octanol–water partition coefficient (Wildman–Crippen LogP) is 3.82. The van der Waals surface area contributed by atoms with E-state index in [0.717, 1.165) is 43.0 Å². The minimum absolute atomic E-state index is 0.125. The van der Waals surface area contributed by atoms with Crippen LogP contribution in [0.15, 0.2) is 24.3 Å². The molecule has 0 aromatic heterocycles. The van der Waals surface area contributed by atoms with E-state index in [9.17, 15) is 4.79 Å². The number of carbonyl (C=O) groups is 1. The molecule has 0 saturated heterocycles. The Hall–Kier alpha value is -1.26. The number of hydrogen-bond donors (Lipinski definition) is 1. The lowest BCUT2D eigenvalue weighted by Gasteiger charge is -2.29. The van der Waals surface area contributed by atoms with Crippen molar-refractivity contribution in [3.63, 3.8) is 0 Å². The molecule has 0 unspecified atom stereocenters. The zero-order chi connectivity index (χ0) is 16.5. The van der Waals surface area contributed by atoms with Crippen molar-refractivity contribution in [2.45, 2.75) is 45.1 Å². The highest BCUT2D eigenvalue weighted by atomic mass is 35.5. The highest BCUT2D eigenvalue weighted by Crippen LogP contribution is 2.27. The van der Waals surface area contributed by atoms with Gasteiger partial charge in [0.25, 0.3) is 0 Å². The Balaban J connectivity index is 1.58. The van der Waals surface area contributed by atoms with E-state index in [0.29, 0.717) is 31.6 Å². The lowest BCUT2D eigenvalue weighted by atomic mass is 9.87. The Morgan fingerprint density at radius 3 is 2.57 bits per heavy atom. The third kappa shape index (κ3) is 6.80. The second-order valence-corrected chi connectivity index (χ2v) is 6.41. The first-order valence-corrected chi connectivity index (χ1v) is 8.83.